The third-order valence-electron chi connectivity index (χ3n) is 5.83. The van der Waals surface area contributed by atoms with E-state index in [9.17, 15) is 13.5 Å². The molecule has 0 radical (unpaired) electrons. The van der Waals surface area contributed by atoms with Gasteiger partial charge in [0, 0.05) is 39.9 Å². The first-order chi connectivity index (χ1) is 13.9. The molecule has 1 spiro atoms. The number of hydrogen-bond acceptors (Lipinski definition) is 7. The van der Waals surface area contributed by atoms with E-state index in [0.29, 0.717) is 22.1 Å². The average molecular weight is 470 g/mol. The average Bonchev–Trinajstić information content (AvgIpc) is 3.28. The fraction of sp³-hybridized carbons (Fsp3) is 0.500. The Labute approximate surface area is 184 Å². The number of nitrogens with one attached hydrogen (secondary N) is 2. The van der Waals surface area contributed by atoms with Crippen molar-refractivity contribution in [1.82, 2.24) is 10.3 Å². The molecule has 0 aliphatic carbocycles. The summed E-state index contributed by atoms with van der Waals surface area (Å²) in [6.45, 7) is 5.47. The van der Waals surface area contributed by atoms with Crippen LogP contribution < -0.4 is 5.32 Å². The summed E-state index contributed by atoms with van der Waals surface area (Å²) in [7, 11) is -3.64. The van der Waals surface area contributed by atoms with Crippen LogP contribution in [0.4, 0.5) is 0 Å². The fourth-order valence-corrected chi connectivity index (χ4v) is 8.00. The Morgan fingerprint density at radius 1 is 1.37 bits per heavy atom. The highest BCUT2D eigenvalue weighted by Crippen LogP contribution is 2.45. The fourth-order valence-electron chi connectivity index (χ4n) is 4.01. The van der Waals surface area contributed by atoms with Gasteiger partial charge in [0.2, 0.25) is 0 Å². The quantitative estimate of drug-likeness (QED) is 0.636. The maximum absolute atomic E-state index is 13.2. The van der Waals surface area contributed by atoms with Crippen molar-refractivity contribution in [1.29, 1.82) is 5.41 Å². The minimum atomic E-state index is -3.64. The van der Waals surface area contributed by atoms with E-state index in [0.717, 1.165) is 10.4 Å². The van der Waals surface area contributed by atoms with E-state index in [1.54, 1.807) is 39.2 Å². The lowest BCUT2D eigenvalue weighted by atomic mass is 9.97. The van der Waals surface area contributed by atoms with Crippen LogP contribution in [0.25, 0.3) is 10.4 Å². The van der Waals surface area contributed by atoms with Crippen molar-refractivity contribution in [3.8, 4) is 10.4 Å². The monoisotopic (exact) mass is 469 g/mol. The van der Waals surface area contributed by atoms with E-state index in [2.05, 4.69) is 10.3 Å². The SMILES string of the molecule is CC(C)(O)c1cncc(-c2cc(Cl)c([C@]3(C)CS(=O)(=O)[C@]4(CCOC4)C(=N)N3)s2)c1. The first kappa shape index (κ1) is 21.7. The predicted octanol–water partition coefficient (Wildman–Crippen LogP) is 3.06. The molecule has 0 aromatic carbocycles. The number of rotatable bonds is 3. The summed E-state index contributed by atoms with van der Waals surface area (Å²) in [6.07, 6.45) is 3.58. The van der Waals surface area contributed by atoms with Crippen LogP contribution in [0.5, 0.6) is 0 Å². The minimum Gasteiger partial charge on any atom is -0.386 e. The maximum Gasteiger partial charge on any atom is 0.168 e. The van der Waals surface area contributed by atoms with Crippen LogP contribution in [-0.2, 0) is 25.7 Å². The Hall–Kier alpha value is -1.52. The van der Waals surface area contributed by atoms with Gasteiger partial charge in [-0.1, -0.05) is 11.6 Å². The molecule has 0 amide bonds. The molecular weight excluding hydrogens is 446 g/mol. The molecule has 2 fully saturated rings. The van der Waals surface area contributed by atoms with Crippen molar-refractivity contribution in [3.05, 3.63) is 40.0 Å². The first-order valence-electron chi connectivity index (χ1n) is 9.53. The van der Waals surface area contributed by atoms with Crippen molar-refractivity contribution < 1.29 is 18.3 Å². The zero-order valence-corrected chi connectivity index (χ0v) is 19.3. The summed E-state index contributed by atoms with van der Waals surface area (Å²) in [5, 5.41) is 22.3. The van der Waals surface area contributed by atoms with Gasteiger partial charge in [-0.3, -0.25) is 10.4 Å². The van der Waals surface area contributed by atoms with Crippen LogP contribution in [0.3, 0.4) is 0 Å². The second kappa shape index (κ2) is 7.00. The molecule has 2 aliphatic heterocycles. The number of aliphatic hydroxyl groups is 1. The number of hydrogen-bond donors (Lipinski definition) is 3. The van der Waals surface area contributed by atoms with Gasteiger partial charge in [-0.05, 0) is 39.3 Å². The molecule has 2 aliphatic rings. The van der Waals surface area contributed by atoms with Gasteiger partial charge in [0.25, 0.3) is 0 Å². The molecule has 30 heavy (non-hydrogen) atoms. The van der Waals surface area contributed by atoms with Gasteiger partial charge in [0.05, 0.1) is 28.5 Å². The highest BCUT2D eigenvalue weighted by atomic mass is 35.5. The number of ether oxygens (including phenoxy) is 1. The summed E-state index contributed by atoms with van der Waals surface area (Å²) in [4.78, 5) is 5.68. The molecule has 10 heteroatoms. The highest BCUT2D eigenvalue weighted by Gasteiger charge is 2.58. The molecule has 2 atom stereocenters. The van der Waals surface area contributed by atoms with Gasteiger partial charge >= 0.3 is 0 Å². The Bertz CT molecular complexity index is 1120. The molecule has 3 N–H and O–H groups in total. The standard InChI is InChI=1S/C20H24ClN3O4S2/c1-18(2,25)13-6-12(8-23-9-13)15-7-14(21)16(29-15)19(3)11-30(26,27)20(17(22)24-19)4-5-28-10-20/h6-9,25H,4-5,10-11H2,1-3H3,(H2,22,24)/t19-,20-/m0/s1. The smallest absolute Gasteiger partial charge is 0.168 e. The lowest BCUT2D eigenvalue weighted by Crippen LogP contribution is -2.66. The number of pyridine rings is 1. The van der Waals surface area contributed by atoms with Crippen LogP contribution in [0.2, 0.25) is 5.02 Å². The number of sulfone groups is 1. The lowest BCUT2D eigenvalue weighted by Gasteiger charge is -2.43. The van der Waals surface area contributed by atoms with Crippen molar-refractivity contribution in [3.63, 3.8) is 0 Å². The summed E-state index contributed by atoms with van der Waals surface area (Å²) in [5.41, 5.74) is -0.609. The molecule has 0 unspecified atom stereocenters. The van der Waals surface area contributed by atoms with Crippen LogP contribution in [0, 0.1) is 5.41 Å². The van der Waals surface area contributed by atoms with E-state index < -0.39 is 25.7 Å². The number of nitrogens with zero attached hydrogens (tertiary/aromatic N) is 1. The van der Waals surface area contributed by atoms with Crippen LogP contribution in [0.1, 0.15) is 37.6 Å². The summed E-state index contributed by atoms with van der Waals surface area (Å²) in [5.74, 6) is -0.210. The van der Waals surface area contributed by atoms with E-state index in [1.165, 1.54) is 11.3 Å². The van der Waals surface area contributed by atoms with Gasteiger partial charge in [-0.25, -0.2) is 8.42 Å². The topological polar surface area (TPSA) is 112 Å². The second-order valence-electron chi connectivity index (χ2n) is 8.70. The maximum atomic E-state index is 13.2. The summed E-state index contributed by atoms with van der Waals surface area (Å²) in [6, 6.07) is 3.62. The van der Waals surface area contributed by atoms with E-state index in [-0.39, 0.29) is 24.6 Å². The van der Waals surface area contributed by atoms with Crippen molar-refractivity contribution in [2.45, 2.75) is 43.1 Å². The molecule has 162 valence electrons. The predicted molar refractivity (Wildman–Crippen MR) is 118 cm³/mol. The highest BCUT2D eigenvalue weighted by molar-refractivity contribution is 7.93. The number of aromatic nitrogens is 1. The Kier molecular flexibility index (Phi) is 5.06. The molecule has 2 saturated heterocycles. The lowest BCUT2D eigenvalue weighted by molar-refractivity contribution is 0.0783. The molecular formula is C20H24ClN3O4S2. The Morgan fingerprint density at radius 3 is 2.70 bits per heavy atom. The van der Waals surface area contributed by atoms with Gasteiger partial charge in [0.15, 0.2) is 14.6 Å². The zero-order valence-electron chi connectivity index (χ0n) is 17.0. The van der Waals surface area contributed by atoms with E-state index in [4.69, 9.17) is 21.7 Å². The molecule has 0 bridgehead atoms. The number of amidine groups is 1. The summed E-state index contributed by atoms with van der Waals surface area (Å²) >= 11 is 7.91. The van der Waals surface area contributed by atoms with E-state index in [1.807, 2.05) is 6.07 Å². The Balaban J connectivity index is 1.73. The van der Waals surface area contributed by atoms with Gasteiger partial charge in [0.1, 0.15) is 5.84 Å². The molecule has 4 rings (SSSR count). The van der Waals surface area contributed by atoms with Gasteiger partial charge < -0.3 is 15.2 Å². The normalized spacial score (nSPS) is 28.6. The second-order valence-corrected chi connectivity index (χ2v) is 12.5. The van der Waals surface area contributed by atoms with Crippen LogP contribution in [0.15, 0.2) is 24.5 Å². The molecule has 7 nitrogen and oxygen atoms in total. The molecule has 4 heterocycles. The zero-order chi connectivity index (χ0) is 21.9. The molecule has 0 saturated carbocycles. The van der Waals surface area contributed by atoms with Gasteiger partial charge in [-0.2, -0.15) is 0 Å². The van der Waals surface area contributed by atoms with Crippen molar-refractivity contribution >= 4 is 38.6 Å². The van der Waals surface area contributed by atoms with Gasteiger partial charge in [-0.15, -0.1) is 11.3 Å². The van der Waals surface area contributed by atoms with Crippen molar-refractivity contribution in [2.75, 3.05) is 19.0 Å². The number of halogens is 1. The summed E-state index contributed by atoms with van der Waals surface area (Å²) < 4.78 is 30.5. The first-order valence-corrected chi connectivity index (χ1v) is 12.4. The minimum absolute atomic E-state index is 0.01000. The van der Waals surface area contributed by atoms with Crippen LogP contribution in [-0.4, -0.2) is 48.1 Å². The molecule has 2 aromatic heterocycles. The van der Waals surface area contributed by atoms with E-state index >= 15 is 0 Å². The molecule has 2 aromatic rings. The third-order valence-corrected chi connectivity index (χ3v) is 10.4. The number of thiophene rings is 1. The Morgan fingerprint density at radius 2 is 2.10 bits per heavy atom. The van der Waals surface area contributed by atoms with Crippen molar-refractivity contribution in [2.24, 2.45) is 0 Å². The van der Waals surface area contributed by atoms with Crippen LogP contribution >= 0.6 is 22.9 Å². The largest absolute Gasteiger partial charge is 0.386 e. The third kappa shape index (κ3) is 3.36.